The average Bonchev–Trinajstić information content (AvgIpc) is 2.99. The van der Waals surface area contributed by atoms with Crippen LogP contribution in [0.15, 0.2) is 36.1 Å². The van der Waals surface area contributed by atoms with Gasteiger partial charge in [0, 0.05) is 24.1 Å². The number of amides is 1. The first-order valence-corrected chi connectivity index (χ1v) is 7.06. The predicted molar refractivity (Wildman–Crippen MR) is 71.6 cm³/mol. The molecule has 5 nitrogen and oxygen atoms in total. The number of carbonyl (C=O) groups excluding carboxylic acids is 1. The molecule has 5 unspecified atom stereocenters. The summed E-state index contributed by atoms with van der Waals surface area (Å²) in [5.74, 6) is -0.618. The molecular weight excluding hydrogens is 256 g/mol. The fourth-order valence-electron chi connectivity index (χ4n) is 4.11. The van der Waals surface area contributed by atoms with Crippen molar-refractivity contribution in [3.63, 3.8) is 0 Å². The second kappa shape index (κ2) is 4.06. The molecule has 1 fully saturated rings. The van der Waals surface area contributed by atoms with Crippen molar-refractivity contribution >= 4 is 11.9 Å². The Morgan fingerprint density at radius 3 is 3.05 bits per heavy atom. The molecule has 4 aliphatic rings. The third kappa shape index (κ3) is 1.47. The van der Waals surface area contributed by atoms with Gasteiger partial charge in [0.15, 0.2) is 0 Å². The summed E-state index contributed by atoms with van der Waals surface area (Å²) >= 11 is 0. The summed E-state index contributed by atoms with van der Waals surface area (Å²) in [6, 6.07) is 0.259. The number of carboxylic acids is 1. The summed E-state index contributed by atoms with van der Waals surface area (Å²) in [7, 11) is 0. The highest BCUT2D eigenvalue weighted by Gasteiger charge is 2.51. The van der Waals surface area contributed by atoms with Crippen LogP contribution in [0.25, 0.3) is 0 Å². The van der Waals surface area contributed by atoms with Crippen LogP contribution in [0.5, 0.6) is 0 Å². The zero-order valence-corrected chi connectivity index (χ0v) is 10.9. The Kier molecular flexibility index (Phi) is 2.41. The van der Waals surface area contributed by atoms with Gasteiger partial charge in [-0.3, -0.25) is 9.69 Å². The maximum atomic E-state index is 11.9. The van der Waals surface area contributed by atoms with E-state index in [1.54, 1.807) is 6.08 Å². The second-order valence-electron chi connectivity index (χ2n) is 5.88. The zero-order valence-electron chi connectivity index (χ0n) is 10.9. The fraction of sp³-hybridized carbons (Fsp3) is 0.467. The van der Waals surface area contributed by atoms with Crippen LogP contribution in [0.1, 0.15) is 12.8 Å². The van der Waals surface area contributed by atoms with Crippen molar-refractivity contribution in [1.82, 2.24) is 10.2 Å². The van der Waals surface area contributed by atoms with Crippen molar-refractivity contribution in [1.29, 1.82) is 0 Å². The highest BCUT2D eigenvalue weighted by atomic mass is 16.4. The SMILES string of the molecule is O=C(O)C1=CC2C3CCC=CC3NC2C2C=CC(=O)N12. The lowest BCUT2D eigenvalue weighted by Gasteiger charge is -2.37. The largest absolute Gasteiger partial charge is 0.477 e. The van der Waals surface area contributed by atoms with Crippen LogP contribution in [0.4, 0.5) is 0 Å². The molecule has 0 aromatic carbocycles. The van der Waals surface area contributed by atoms with Gasteiger partial charge in [0.05, 0.1) is 6.04 Å². The van der Waals surface area contributed by atoms with Crippen molar-refractivity contribution in [3.05, 3.63) is 36.1 Å². The lowest BCUT2D eigenvalue weighted by Crippen LogP contribution is -2.52. The van der Waals surface area contributed by atoms with E-state index in [1.165, 1.54) is 11.0 Å². The highest BCUT2D eigenvalue weighted by Crippen LogP contribution is 2.43. The minimum Gasteiger partial charge on any atom is -0.477 e. The molecule has 1 saturated heterocycles. The predicted octanol–water partition coefficient (Wildman–Crippen LogP) is 0.658. The van der Waals surface area contributed by atoms with E-state index in [0.29, 0.717) is 12.0 Å². The average molecular weight is 272 g/mol. The van der Waals surface area contributed by atoms with Gasteiger partial charge in [0.1, 0.15) is 5.70 Å². The number of hydrogen-bond acceptors (Lipinski definition) is 3. The van der Waals surface area contributed by atoms with Crippen molar-refractivity contribution in [2.45, 2.75) is 31.0 Å². The van der Waals surface area contributed by atoms with Gasteiger partial charge in [-0.2, -0.15) is 0 Å². The normalized spacial score (nSPS) is 41.2. The molecule has 0 aromatic rings. The van der Waals surface area contributed by atoms with Crippen molar-refractivity contribution in [2.75, 3.05) is 0 Å². The molecule has 2 N–H and O–H groups in total. The molecule has 1 amide bonds. The molecule has 0 bridgehead atoms. The second-order valence-corrected chi connectivity index (χ2v) is 5.88. The Hall–Kier alpha value is -1.88. The summed E-state index contributed by atoms with van der Waals surface area (Å²) in [6.45, 7) is 0. The molecule has 3 heterocycles. The molecule has 0 radical (unpaired) electrons. The standard InChI is InChI=1S/C15H16N2O3/c18-13-6-5-11-14-9(7-12(15(19)20)17(11)13)8-3-1-2-4-10(8)16-14/h2,4-11,14,16H,1,3H2,(H,19,20). The molecule has 5 heteroatoms. The molecule has 0 spiro atoms. The number of nitrogens with zero attached hydrogens (tertiary/aromatic N) is 1. The Balaban J connectivity index is 1.78. The Morgan fingerprint density at radius 2 is 2.25 bits per heavy atom. The minimum atomic E-state index is -1.01. The first-order valence-electron chi connectivity index (χ1n) is 7.06. The maximum absolute atomic E-state index is 11.9. The van der Waals surface area contributed by atoms with E-state index in [0.717, 1.165) is 12.8 Å². The van der Waals surface area contributed by atoms with Crippen LogP contribution >= 0.6 is 0 Å². The van der Waals surface area contributed by atoms with E-state index in [1.807, 2.05) is 6.08 Å². The number of nitrogens with one attached hydrogen (secondary N) is 1. The van der Waals surface area contributed by atoms with Gasteiger partial charge in [-0.05, 0) is 24.8 Å². The van der Waals surface area contributed by atoms with Gasteiger partial charge in [-0.25, -0.2) is 4.79 Å². The number of allylic oxidation sites excluding steroid dienone is 1. The maximum Gasteiger partial charge on any atom is 0.352 e. The van der Waals surface area contributed by atoms with Gasteiger partial charge >= 0.3 is 5.97 Å². The van der Waals surface area contributed by atoms with Crippen molar-refractivity contribution in [3.8, 4) is 0 Å². The van der Waals surface area contributed by atoms with Crippen LogP contribution < -0.4 is 5.32 Å². The number of hydrogen-bond donors (Lipinski definition) is 2. The fourth-order valence-corrected chi connectivity index (χ4v) is 4.11. The van der Waals surface area contributed by atoms with Gasteiger partial charge < -0.3 is 10.4 Å². The number of rotatable bonds is 1. The van der Waals surface area contributed by atoms with E-state index in [4.69, 9.17) is 0 Å². The van der Waals surface area contributed by atoms with Crippen LogP contribution in [-0.2, 0) is 9.59 Å². The molecule has 0 aromatic heterocycles. The quantitative estimate of drug-likeness (QED) is 0.688. The van der Waals surface area contributed by atoms with Gasteiger partial charge in [0.25, 0.3) is 5.91 Å². The Morgan fingerprint density at radius 1 is 1.40 bits per heavy atom. The molecule has 3 aliphatic heterocycles. The third-order valence-electron chi connectivity index (χ3n) is 4.93. The summed E-state index contributed by atoms with van der Waals surface area (Å²) in [5.41, 5.74) is 0.142. The number of carboxylic acid groups (broad SMARTS) is 1. The topological polar surface area (TPSA) is 69.6 Å². The molecule has 104 valence electrons. The molecule has 4 rings (SSSR count). The first-order chi connectivity index (χ1) is 9.66. The number of fused-ring (bicyclic) bond motifs is 5. The van der Waals surface area contributed by atoms with Gasteiger partial charge in [0.2, 0.25) is 0 Å². The Labute approximate surface area is 116 Å². The summed E-state index contributed by atoms with van der Waals surface area (Å²) in [5, 5.41) is 13.0. The highest BCUT2D eigenvalue weighted by molar-refractivity contribution is 5.99. The lowest BCUT2D eigenvalue weighted by atomic mass is 9.77. The van der Waals surface area contributed by atoms with E-state index in [9.17, 15) is 14.7 Å². The minimum absolute atomic E-state index is 0.124. The lowest BCUT2D eigenvalue weighted by molar-refractivity contribution is -0.139. The van der Waals surface area contributed by atoms with E-state index in [2.05, 4.69) is 17.5 Å². The molecule has 1 aliphatic carbocycles. The molecule has 5 atom stereocenters. The molecule has 20 heavy (non-hydrogen) atoms. The Bertz CT molecular complexity index is 578. The monoisotopic (exact) mass is 272 g/mol. The van der Waals surface area contributed by atoms with Crippen molar-refractivity contribution in [2.24, 2.45) is 11.8 Å². The molecule has 0 saturated carbocycles. The van der Waals surface area contributed by atoms with Crippen LogP contribution in [-0.4, -0.2) is 40.0 Å². The van der Waals surface area contributed by atoms with E-state index in [-0.39, 0.29) is 29.6 Å². The van der Waals surface area contributed by atoms with Crippen LogP contribution in [0, 0.1) is 11.8 Å². The summed E-state index contributed by atoms with van der Waals surface area (Å²) in [4.78, 5) is 24.8. The van der Waals surface area contributed by atoms with Crippen LogP contribution in [0.3, 0.4) is 0 Å². The zero-order chi connectivity index (χ0) is 13.9. The first kappa shape index (κ1) is 11.9. The van der Waals surface area contributed by atoms with E-state index >= 15 is 0 Å². The summed E-state index contributed by atoms with van der Waals surface area (Å²) in [6.07, 6.45) is 11.6. The van der Waals surface area contributed by atoms with Crippen LogP contribution in [0.2, 0.25) is 0 Å². The summed E-state index contributed by atoms with van der Waals surface area (Å²) < 4.78 is 0. The van der Waals surface area contributed by atoms with Gasteiger partial charge in [-0.1, -0.05) is 18.2 Å². The molecular formula is C15H16N2O3. The van der Waals surface area contributed by atoms with Crippen molar-refractivity contribution < 1.29 is 14.7 Å². The number of aliphatic carboxylic acids is 1. The smallest absolute Gasteiger partial charge is 0.352 e. The number of carbonyl (C=O) groups is 2. The van der Waals surface area contributed by atoms with Gasteiger partial charge in [-0.15, -0.1) is 0 Å². The van der Waals surface area contributed by atoms with E-state index < -0.39 is 5.97 Å². The third-order valence-corrected chi connectivity index (χ3v) is 4.93.